The SMILES string of the molecule is O=S(=O)(OCC(F)(F)F)c1cccc2nsnc12. The molecule has 0 amide bonds. The van der Waals surface area contributed by atoms with Crippen LogP contribution in [-0.4, -0.2) is 29.9 Å². The molecule has 0 saturated heterocycles. The third kappa shape index (κ3) is 2.76. The van der Waals surface area contributed by atoms with Gasteiger partial charge in [0.05, 0.1) is 11.7 Å². The molecule has 0 unspecified atom stereocenters. The molecule has 10 heteroatoms. The van der Waals surface area contributed by atoms with Gasteiger partial charge >= 0.3 is 6.18 Å². The van der Waals surface area contributed by atoms with Crippen LogP contribution in [0.3, 0.4) is 0 Å². The highest BCUT2D eigenvalue weighted by atomic mass is 32.2. The average molecular weight is 298 g/mol. The van der Waals surface area contributed by atoms with Crippen molar-refractivity contribution in [1.82, 2.24) is 8.75 Å². The van der Waals surface area contributed by atoms with E-state index in [1.54, 1.807) is 0 Å². The van der Waals surface area contributed by atoms with Crippen LogP contribution in [0.15, 0.2) is 23.1 Å². The van der Waals surface area contributed by atoms with Crippen molar-refractivity contribution in [3.05, 3.63) is 18.2 Å². The molecule has 0 N–H and O–H groups in total. The van der Waals surface area contributed by atoms with Gasteiger partial charge in [0.25, 0.3) is 10.1 Å². The smallest absolute Gasteiger partial charge is 0.257 e. The summed E-state index contributed by atoms with van der Waals surface area (Å²) in [5, 5.41) is 0. The monoisotopic (exact) mass is 298 g/mol. The molecule has 2 aromatic rings. The molecular weight excluding hydrogens is 293 g/mol. The normalized spacial score (nSPS) is 13.1. The molecule has 1 aromatic heterocycles. The summed E-state index contributed by atoms with van der Waals surface area (Å²) in [6, 6.07) is 3.98. The Hall–Kier alpha value is -1.26. The summed E-state index contributed by atoms with van der Waals surface area (Å²) in [4.78, 5) is -0.419. The minimum Gasteiger partial charge on any atom is -0.257 e. The largest absolute Gasteiger partial charge is 0.413 e. The van der Waals surface area contributed by atoms with Crippen molar-refractivity contribution in [1.29, 1.82) is 0 Å². The lowest BCUT2D eigenvalue weighted by Gasteiger charge is -2.08. The quantitative estimate of drug-likeness (QED) is 0.810. The first-order chi connectivity index (χ1) is 8.30. The van der Waals surface area contributed by atoms with Crippen molar-refractivity contribution >= 4 is 32.9 Å². The van der Waals surface area contributed by atoms with Gasteiger partial charge in [0.2, 0.25) is 0 Å². The van der Waals surface area contributed by atoms with E-state index >= 15 is 0 Å². The number of hydrogen-bond acceptors (Lipinski definition) is 6. The first-order valence-corrected chi connectivity index (χ1v) is 6.61. The summed E-state index contributed by atoms with van der Waals surface area (Å²) >= 11 is 0.765. The van der Waals surface area contributed by atoms with Gasteiger partial charge in [-0.2, -0.15) is 30.3 Å². The number of rotatable bonds is 3. The molecular formula is C8H5F3N2O3S2. The van der Waals surface area contributed by atoms with Crippen LogP contribution in [0.25, 0.3) is 11.0 Å². The van der Waals surface area contributed by atoms with Gasteiger partial charge in [-0.15, -0.1) is 0 Å². The van der Waals surface area contributed by atoms with E-state index in [4.69, 9.17) is 0 Å². The molecule has 18 heavy (non-hydrogen) atoms. The number of benzene rings is 1. The number of nitrogens with zero attached hydrogens (tertiary/aromatic N) is 2. The zero-order chi connectivity index (χ0) is 13.4. The van der Waals surface area contributed by atoms with Gasteiger partial charge in [0.15, 0.2) is 6.61 Å². The first kappa shape index (κ1) is 13.2. The van der Waals surface area contributed by atoms with Crippen molar-refractivity contribution in [2.75, 3.05) is 6.61 Å². The topological polar surface area (TPSA) is 69.2 Å². The fourth-order valence-electron chi connectivity index (χ4n) is 1.19. The summed E-state index contributed by atoms with van der Waals surface area (Å²) in [6.07, 6.45) is -4.72. The third-order valence-electron chi connectivity index (χ3n) is 1.90. The molecule has 0 spiro atoms. The van der Waals surface area contributed by atoms with Crippen LogP contribution in [0, 0.1) is 0 Å². The summed E-state index contributed by atoms with van der Waals surface area (Å²) in [7, 11) is -4.51. The Kier molecular flexibility index (Phi) is 3.25. The molecule has 0 fully saturated rings. The molecule has 0 aliphatic heterocycles. The minimum atomic E-state index is -4.72. The lowest BCUT2D eigenvalue weighted by molar-refractivity contribution is -0.152. The number of halogens is 3. The van der Waals surface area contributed by atoms with Gasteiger partial charge in [-0.05, 0) is 12.1 Å². The minimum absolute atomic E-state index is 0.00433. The predicted molar refractivity (Wildman–Crippen MR) is 56.6 cm³/mol. The Morgan fingerprint density at radius 1 is 1.28 bits per heavy atom. The maximum atomic E-state index is 11.9. The standard InChI is InChI=1S/C8H5F3N2O3S2/c9-8(10,11)4-16-18(14,15)6-3-1-2-5-7(6)13-17-12-5/h1-3H,4H2. The van der Waals surface area contributed by atoms with E-state index in [-0.39, 0.29) is 11.0 Å². The van der Waals surface area contributed by atoms with Crippen molar-refractivity contribution in [2.45, 2.75) is 11.1 Å². The Morgan fingerprint density at radius 3 is 2.67 bits per heavy atom. The van der Waals surface area contributed by atoms with Crippen molar-refractivity contribution < 1.29 is 25.8 Å². The van der Waals surface area contributed by atoms with Crippen LogP contribution >= 0.6 is 11.7 Å². The van der Waals surface area contributed by atoms with Crippen LogP contribution in [0.1, 0.15) is 0 Å². The number of fused-ring (bicyclic) bond motifs is 1. The second-order valence-electron chi connectivity index (χ2n) is 3.22. The summed E-state index contributed by atoms with van der Waals surface area (Å²) < 4.78 is 70.5. The highest BCUT2D eigenvalue weighted by molar-refractivity contribution is 7.87. The molecule has 5 nitrogen and oxygen atoms in total. The molecule has 1 heterocycles. The zero-order valence-electron chi connectivity index (χ0n) is 8.51. The van der Waals surface area contributed by atoms with E-state index in [2.05, 4.69) is 12.9 Å². The second-order valence-corrected chi connectivity index (χ2v) is 5.33. The van der Waals surface area contributed by atoms with Crippen molar-refractivity contribution in [2.24, 2.45) is 0 Å². The van der Waals surface area contributed by atoms with Gasteiger partial charge in [-0.3, -0.25) is 4.18 Å². The van der Waals surface area contributed by atoms with Gasteiger partial charge in [0, 0.05) is 0 Å². The molecule has 0 radical (unpaired) electrons. The first-order valence-electron chi connectivity index (χ1n) is 4.47. The van der Waals surface area contributed by atoms with Gasteiger partial charge in [0.1, 0.15) is 15.9 Å². The van der Waals surface area contributed by atoms with E-state index in [0.717, 1.165) is 17.8 Å². The summed E-state index contributed by atoms with van der Waals surface area (Å²) in [5.74, 6) is 0. The molecule has 1 aromatic carbocycles. The van der Waals surface area contributed by atoms with Gasteiger partial charge in [-0.25, -0.2) is 0 Å². The van der Waals surface area contributed by atoms with Crippen molar-refractivity contribution in [3.63, 3.8) is 0 Å². The van der Waals surface area contributed by atoms with Crippen molar-refractivity contribution in [3.8, 4) is 0 Å². The highest BCUT2D eigenvalue weighted by Gasteiger charge is 2.32. The number of alkyl halides is 3. The number of aromatic nitrogens is 2. The maximum Gasteiger partial charge on any atom is 0.413 e. The molecule has 0 atom stereocenters. The molecule has 0 bridgehead atoms. The molecule has 0 aliphatic rings. The van der Waals surface area contributed by atoms with Crippen LogP contribution in [0.4, 0.5) is 13.2 Å². The third-order valence-corrected chi connectivity index (χ3v) is 3.73. The fraction of sp³-hybridized carbons (Fsp3) is 0.250. The fourth-order valence-corrected chi connectivity index (χ4v) is 2.85. The van der Waals surface area contributed by atoms with Crippen LogP contribution in [0.2, 0.25) is 0 Å². The molecule has 0 aliphatic carbocycles. The second kappa shape index (κ2) is 4.44. The van der Waals surface area contributed by atoms with Crippen LogP contribution < -0.4 is 0 Å². The Morgan fingerprint density at radius 2 is 2.00 bits per heavy atom. The average Bonchev–Trinajstić information content (AvgIpc) is 2.73. The zero-order valence-corrected chi connectivity index (χ0v) is 10.1. The molecule has 2 rings (SSSR count). The maximum absolute atomic E-state index is 11.9. The van der Waals surface area contributed by atoms with Crippen LogP contribution in [0.5, 0.6) is 0 Å². The van der Waals surface area contributed by atoms with E-state index in [9.17, 15) is 21.6 Å². The predicted octanol–water partition coefficient (Wildman–Crippen LogP) is 1.96. The van der Waals surface area contributed by atoms with E-state index in [1.807, 2.05) is 0 Å². The van der Waals surface area contributed by atoms with E-state index in [1.165, 1.54) is 12.1 Å². The number of hydrogen-bond donors (Lipinski definition) is 0. The van der Waals surface area contributed by atoms with E-state index < -0.39 is 27.8 Å². The molecule has 98 valence electrons. The Labute approximate surface area is 104 Å². The van der Waals surface area contributed by atoms with Gasteiger partial charge < -0.3 is 0 Å². The summed E-state index contributed by atoms with van der Waals surface area (Å²) in [6.45, 7) is -1.87. The van der Waals surface area contributed by atoms with Gasteiger partial charge in [-0.1, -0.05) is 6.07 Å². The van der Waals surface area contributed by atoms with Crippen LogP contribution in [-0.2, 0) is 14.3 Å². The lowest BCUT2D eigenvalue weighted by Crippen LogP contribution is -2.20. The highest BCUT2D eigenvalue weighted by Crippen LogP contribution is 2.24. The van der Waals surface area contributed by atoms with E-state index in [0.29, 0.717) is 0 Å². The Balaban J connectivity index is 2.38. The lowest BCUT2D eigenvalue weighted by atomic mass is 10.3. The summed E-state index contributed by atoms with van der Waals surface area (Å²) in [5.41, 5.74) is 0.293. The Bertz CT molecular complexity index is 666. The molecule has 0 saturated carbocycles.